The second-order valence-corrected chi connectivity index (χ2v) is 4.35. The molecule has 0 heterocycles. The molecule has 0 radical (unpaired) electrons. The molecule has 1 N–H and O–H groups in total. The SMILES string of the molecule is CCC(I)C(C)(C)OC(=O)O. The van der Waals surface area contributed by atoms with Crippen molar-refractivity contribution in [1.82, 2.24) is 0 Å². The van der Waals surface area contributed by atoms with Gasteiger partial charge in [0.1, 0.15) is 5.60 Å². The zero-order valence-corrected chi connectivity index (χ0v) is 9.08. The molecule has 0 aliphatic rings. The van der Waals surface area contributed by atoms with Gasteiger partial charge in [0.05, 0.1) is 3.92 Å². The molecule has 1 unspecified atom stereocenters. The monoisotopic (exact) mass is 272 g/mol. The van der Waals surface area contributed by atoms with Crippen LogP contribution in [0.2, 0.25) is 0 Å². The van der Waals surface area contributed by atoms with Crippen LogP contribution in [-0.2, 0) is 4.74 Å². The van der Waals surface area contributed by atoms with E-state index in [0.29, 0.717) is 0 Å². The van der Waals surface area contributed by atoms with Gasteiger partial charge in [-0.1, -0.05) is 29.5 Å². The van der Waals surface area contributed by atoms with Crippen molar-refractivity contribution in [3.05, 3.63) is 0 Å². The van der Waals surface area contributed by atoms with E-state index in [1.165, 1.54) is 0 Å². The first-order valence-corrected chi connectivity index (χ1v) is 4.70. The molecule has 0 spiro atoms. The number of hydrogen-bond acceptors (Lipinski definition) is 2. The van der Waals surface area contributed by atoms with Crippen LogP contribution in [0.3, 0.4) is 0 Å². The van der Waals surface area contributed by atoms with Crippen molar-refractivity contribution >= 4 is 28.7 Å². The Hall–Kier alpha value is 0. The molecule has 4 heteroatoms. The van der Waals surface area contributed by atoms with Crippen LogP contribution in [0.15, 0.2) is 0 Å². The highest BCUT2D eigenvalue weighted by atomic mass is 127. The number of ether oxygens (including phenoxy) is 1. The number of carboxylic acid groups (broad SMARTS) is 1. The topological polar surface area (TPSA) is 46.5 Å². The van der Waals surface area contributed by atoms with Crippen LogP contribution in [0.5, 0.6) is 0 Å². The molecule has 1 atom stereocenters. The predicted molar refractivity (Wildman–Crippen MR) is 51.3 cm³/mol. The highest BCUT2D eigenvalue weighted by Crippen LogP contribution is 2.24. The van der Waals surface area contributed by atoms with E-state index in [4.69, 9.17) is 9.84 Å². The lowest BCUT2D eigenvalue weighted by atomic mass is 10.0. The molecule has 0 bridgehead atoms. The third kappa shape index (κ3) is 3.79. The molecule has 0 saturated carbocycles. The minimum Gasteiger partial charge on any atom is -0.450 e. The van der Waals surface area contributed by atoms with Crippen LogP contribution in [0.4, 0.5) is 4.79 Å². The van der Waals surface area contributed by atoms with Gasteiger partial charge in [0.15, 0.2) is 0 Å². The predicted octanol–water partition coefficient (Wildman–Crippen LogP) is 2.67. The van der Waals surface area contributed by atoms with Crippen molar-refractivity contribution in [2.75, 3.05) is 0 Å². The molecule has 66 valence electrons. The number of hydrogen-bond donors (Lipinski definition) is 1. The van der Waals surface area contributed by atoms with Crippen molar-refractivity contribution in [3.8, 4) is 0 Å². The molecule has 0 saturated heterocycles. The van der Waals surface area contributed by atoms with E-state index in [1.807, 2.05) is 6.92 Å². The molecule has 0 amide bonds. The van der Waals surface area contributed by atoms with Gasteiger partial charge in [-0.05, 0) is 20.3 Å². The van der Waals surface area contributed by atoms with Gasteiger partial charge >= 0.3 is 6.16 Å². The maximum atomic E-state index is 10.2. The lowest BCUT2D eigenvalue weighted by molar-refractivity contribution is 0.00495. The summed E-state index contributed by atoms with van der Waals surface area (Å²) in [6, 6.07) is 0. The Morgan fingerprint density at radius 1 is 1.73 bits per heavy atom. The Labute approximate surface area is 80.3 Å². The Morgan fingerprint density at radius 3 is 2.45 bits per heavy atom. The summed E-state index contributed by atoms with van der Waals surface area (Å²) in [5, 5.41) is 8.37. The largest absolute Gasteiger partial charge is 0.506 e. The lowest BCUT2D eigenvalue weighted by Gasteiger charge is -2.27. The highest BCUT2D eigenvalue weighted by molar-refractivity contribution is 14.1. The van der Waals surface area contributed by atoms with E-state index in [1.54, 1.807) is 13.8 Å². The summed E-state index contributed by atoms with van der Waals surface area (Å²) in [5.74, 6) is 0. The van der Waals surface area contributed by atoms with Crippen LogP contribution in [0.25, 0.3) is 0 Å². The number of halogens is 1. The summed E-state index contributed by atoms with van der Waals surface area (Å²) in [6.07, 6.45) is -0.300. The maximum absolute atomic E-state index is 10.2. The zero-order chi connectivity index (χ0) is 9.07. The number of rotatable bonds is 3. The Bertz CT molecular complexity index is 145. The molecular formula is C7H13IO3. The van der Waals surface area contributed by atoms with E-state index in [0.717, 1.165) is 6.42 Å². The van der Waals surface area contributed by atoms with Gasteiger partial charge in [0.2, 0.25) is 0 Å². The summed E-state index contributed by atoms with van der Waals surface area (Å²) >= 11 is 2.19. The van der Waals surface area contributed by atoms with E-state index in [2.05, 4.69) is 22.6 Å². The van der Waals surface area contributed by atoms with Gasteiger partial charge in [-0.3, -0.25) is 0 Å². The third-order valence-electron chi connectivity index (χ3n) is 1.46. The first-order valence-electron chi connectivity index (χ1n) is 3.46. The van der Waals surface area contributed by atoms with E-state index in [-0.39, 0.29) is 3.92 Å². The molecule has 3 nitrogen and oxygen atoms in total. The first kappa shape index (κ1) is 11.0. The fraction of sp³-hybridized carbons (Fsp3) is 0.857. The minimum atomic E-state index is -1.20. The zero-order valence-electron chi connectivity index (χ0n) is 6.93. The maximum Gasteiger partial charge on any atom is 0.506 e. The van der Waals surface area contributed by atoms with Crippen LogP contribution in [-0.4, -0.2) is 20.8 Å². The van der Waals surface area contributed by atoms with Gasteiger partial charge in [-0.2, -0.15) is 0 Å². The first-order chi connectivity index (χ1) is 4.90. The minimum absolute atomic E-state index is 0.219. The molecule has 0 aromatic carbocycles. The van der Waals surface area contributed by atoms with E-state index < -0.39 is 11.8 Å². The van der Waals surface area contributed by atoms with Gasteiger partial charge < -0.3 is 9.84 Å². The smallest absolute Gasteiger partial charge is 0.450 e. The molecule has 0 fully saturated rings. The molecule has 0 aromatic heterocycles. The van der Waals surface area contributed by atoms with Crippen LogP contribution in [0.1, 0.15) is 27.2 Å². The Morgan fingerprint density at radius 2 is 2.18 bits per heavy atom. The molecule has 0 aromatic rings. The van der Waals surface area contributed by atoms with Crippen molar-refractivity contribution in [2.24, 2.45) is 0 Å². The Kier molecular flexibility index (Phi) is 4.13. The Balaban J connectivity index is 4.08. The molecule has 0 aliphatic carbocycles. The van der Waals surface area contributed by atoms with Crippen molar-refractivity contribution < 1.29 is 14.6 Å². The van der Waals surface area contributed by atoms with E-state index in [9.17, 15) is 4.79 Å². The quantitative estimate of drug-likeness (QED) is 0.488. The lowest BCUT2D eigenvalue weighted by Crippen LogP contribution is -2.36. The van der Waals surface area contributed by atoms with Gasteiger partial charge in [-0.15, -0.1) is 0 Å². The van der Waals surface area contributed by atoms with Gasteiger partial charge in [0, 0.05) is 0 Å². The van der Waals surface area contributed by atoms with Crippen LogP contribution >= 0.6 is 22.6 Å². The van der Waals surface area contributed by atoms with E-state index >= 15 is 0 Å². The van der Waals surface area contributed by atoms with Crippen LogP contribution in [0, 0.1) is 0 Å². The van der Waals surface area contributed by atoms with Crippen LogP contribution < -0.4 is 0 Å². The average Bonchev–Trinajstić information content (AvgIpc) is 1.83. The summed E-state index contributed by atoms with van der Waals surface area (Å²) in [7, 11) is 0. The summed E-state index contributed by atoms with van der Waals surface area (Å²) in [6.45, 7) is 5.56. The van der Waals surface area contributed by atoms with Gasteiger partial charge in [-0.25, -0.2) is 4.79 Å². The summed E-state index contributed by atoms with van der Waals surface area (Å²) in [4.78, 5) is 10.2. The van der Waals surface area contributed by atoms with Gasteiger partial charge in [0.25, 0.3) is 0 Å². The normalized spacial score (nSPS) is 14.2. The molecule has 11 heavy (non-hydrogen) atoms. The number of carbonyl (C=O) groups is 1. The highest BCUT2D eigenvalue weighted by Gasteiger charge is 2.29. The third-order valence-corrected chi connectivity index (χ3v) is 3.84. The second kappa shape index (κ2) is 4.13. The fourth-order valence-electron chi connectivity index (χ4n) is 0.781. The molecular weight excluding hydrogens is 259 g/mol. The average molecular weight is 272 g/mol. The summed E-state index contributed by atoms with van der Waals surface area (Å²) < 4.78 is 4.92. The number of alkyl halides is 1. The standard InChI is InChI=1S/C7H13IO3/c1-4-5(8)7(2,3)11-6(9)10/h5H,4H2,1-3H3,(H,9,10). The fourth-order valence-corrected chi connectivity index (χ4v) is 0.908. The van der Waals surface area contributed by atoms with Crippen molar-refractivity contribution in [2.45, 2.75) is 36.7 Å². The second-order valence-electron chi connectivity index (χ2n) is 2.85. The van der Waals surface area contributed by atoms with Crippen molar-refractivity contribution in [1.29, 1.82) is 0 Å². The molecule has 0 rings (SSSR count). The van der Waals surface area contributed by atoms with Crippen molar-refractivity contribution in [3.63, 3.8) is 0 Å². The summed E-state index contributed by atoms with van der Waals surface area (Å²) in [5.41, 5.74) is -0.582. The molecule has 0 aliphatic heterocycles.